The van der Waals surface area contributed by atoms with Gasteiger partial charge in [0.2, 0.25) is 5.91 Å². The lowest BCUT2D eigenvalue weighted by Gasteiger charge is -2.49. The van der Waals surface area contributed by atoms with Crippen LogP contribution in [0.15, 0.2) is 18.2 Å². The Bertz CT molecular complexity index is 709. The number of carbonyl (C=O) groups is 1. The zero-order valence-corrected chi connectivity index (χ0v) is 20.0. The van der Waals surface area contributed by atoms with Crippen LogP contribution in [0.1, 0.15) is 77.2 Å². The Morgan fingerprint density at radius 2 is 1.77 bits per heavy atom. The van der Waals surface area contributed by atoms with Crippen LogP contribution in [0.2, 0.25) is 0 Å². The SMILES string of the molecule is COc1ccc(C2(C(CC(C)C)NC(=O)CCCN3CCCCC3)CCC2)cc1OC. The fraction of sp³-hybridized carbons (Fsp3) is 0.731. The van der Waals surface area contributed by atoms with Crippen molar-refractivity contribution in [3.8, 4) is 11.5 Å². The van der Waals surface area contributed by atoms with E-state index in [0.717, 1.165) is 43.7 Å². The first-order valence-corrected chi connectivity index (χ1v) is 12.2. The molecule has 1 aliphatic heterocycles. The fourth-order valence-electron chi connectivity index (χ4n) is 5.35. The van der Waals surface area contributed by atoms with Crippen molar-refractivity contribution >= 4 is 5.91 Å². The zero-order chi connectivity index (χ0) is 22.3. The van der Waals surface area contributed by atoms with Crippen molar-refractivity contribution in [1.82, 2.24) is 10.2 Å². The predicted octanol–water partition coefficient (Wildman–Crippen LogP) is 4.92. The van der Waals surface area contributed by atoms with Gasteiger partial charge >= 0.3 is 0 Å². The van der Waals surface area contributed by atoms with Gasteiger partial charge in [0.1, 0.15) is 0 Å². The van der Waals surface area contributed by atoms with Crippen LogP contribution >= 0.6 is 0 Å². The van der Waals surface area contributed by atoms with Crippen LogP contribution in [-0.2, 0) is 10.2 Å². The minimum atomic E-state index is -0.00759. The summed E-state index contributed by atoms with van der Waals surface area (Å²) in [5, 5.41) is 3.46. The third kappa shape index (κ3) is 5.94. The van der Waals surface area contributed by atoms with Gasteiger partial charge in [0.05, 0.1) is 14.2 Å². The second-order valence-corrected chi connectivity index (χ2v) is 9.83. The standard InChI is InChI=1S/C26H42N2O3/c1-20(2)18-24(27-25(29)10-8-17-28-15-6-5-7-16-28)26(13-9-14-26)21-11-12-22(30-3)23(19-21)31-4/h11-12,19-20,24H,5-10,13-18H2,1-4H3,(H,27,29). The summed E-state index contributed by atoms with van der Waals surface area (Å²) < 4.78 is 11.0. The molecule has 5 nitrogen and oxygen atoms in total. The highest BCUT2D eigenvalue weighted by molar-refractivity contribution is 5.76. The van der Waals surface area contributed by atoms with E-state index in [1.165, 1.54) is 44.3 Å². The van der Waals surface area contributed by atoms with Gasteiger partial charge in [-0.05, 0) is 81.8 Å². The monoisotopic (exact) mass is 430 g/mol. The van der Waals surface area contributed by atoms with E-state index >= 15 is 0 Å². The second kappa shape index (κ2) is 11.2. The summed E-state index contributed by atoms with van der Waals surface area (Å²) in [6.45, 7) is 7.93. The minimum Gasteiger partial charge on any atom is -0.493 e. The van der Waals surface area contributed by atoms with E-state index in [0.29, 0.717) is 12.3 Å². The van der Waals surface area contributed by atoms with Gasteiger partial charge in [-0.25, -0.2) is 0 Å². The molecule has 0 spiro atoms. The lowest BCUT2D eigenvalue weighted by atomic mass is 9.58. The highest BCUT2D eigenvalue weighted by Gasteiger charge is 2.46. The number of nitrogens with one attached hydrogen (secondary N) is 1. The van der Waals surface area contributed by atoms with Crippen molar-refractivity contribution in [3.63, 3.8) is 0 Å². The summed E-state index contributed by atoms with van der Waals surface area (Å²) in [7, 11) is 3.35. The Balaban J connectivity index is 1.68. The first-order chi connectivity index (χ1) is 15.0. The maximum absolute atomic E-state index is 12.9. The molecule has 2 aliphatic rings. The van der Waals surface area contributed by atoms with Crippen LogP contribution < -0.4 is 14.8 Å². The molecule has 1 aliphatic carbocycles. The molecule has 3 rings (SSSR count). The topological polar surface area (TPSA) is 50.8 Å². The number of methoxy groups -OCH3 is 2. The van der Waals surface area contributed by atoms with Gasteiger partial charge < -0.3 is 19.7 Å². The maximum Gasteiger partial charge on any atom is 0.220 e. The van der Waals surface area contributed by atoms with Gasteiger partial charge in [0, 0.05) is 17.9 Å². The third-order valence-corrected chi connectivity index (χ3v) is 7.24. The Morgan fingerprint density at radius 1 is 1.06 bits per heavy atom. The van der Waals surface area contributed by atoms with E-state index in [1.54, 1.807) is 14.2 Å². The molecule has 0 aromatic heterocycles. The Morgan fingerprint density at radius 3 is 2.35 bits per heavy atom. The minimum absolute atomic E-state index is 0.00759. The van der Waals surface area contributed by atoms with E-state index in [9.17, 15) is 4.79 Å². The Hall–Kier alpha value is -1.75. The third-order valence-electron chi connectivity index (χ3n) is 7.24. The quantitative estimate of drug-likeness (QED) is 0.541. The first kappa shape index (κ1) is 23.9. The van der Waals surface area contributed by atoms with Crippen molar-refractivity contribution in [2.75, 3.05) is 33.9 Å². The molecule has 31 heavy (non-hydrogen) atoms. The number of hydrogen-bond acceptors (Lipinski definition) is 4. The lowest BCUT2D eigenvalue weighted by Crippen LogP contribution is -2.55. The summed E-state index contributed by atoms with van der Waals surface area (Å²) in [5.74, 6) is 2.25. The highest BCUT2D eigenvalue weighted by atomic mass is 16.5. The van der Waals surface area contributed by atoms with Crippen molar-refractivity contribution in [2.45, 2.75) is 83.1 Å². The lowest BCUT2D eigenvalue weighted by molar-refractivity contribution is -0.123. The summed E-state index contributed by atoms with van der Waals surface area (Å²) >= 11 is 0. The molecule has 1 amide bonds. The maximum atomic E-state index is 12.9. The van der Waals surface area contributed by atoms with Crippen molar-refractivity contribution < 1.29 is 14.3 Å². The molecular formula is C26H42N2O3. The smallest absolute Gasteiger partial charge is 0.220 e. The number of nitrogens with zero attached hydrogens (tertiary/aromatic N) is 1. The number of ether oxygens (including phenoxy) is 2. The average molecular weight is 431 g/mol. The molecule has 1 unspecified atom stereocenters. The van der Waals surface area contributed by atoms with Crippen LogP contribution in [-0.4, -0.2) is 50.7 Å². The number of rotatable bonds is 11. The zero-order valence-electron chi connectivity index (χ0n) is 20.0. The van der Waals surface area contributed by atoms with E-state index < -0.39 is 0 Å². The molecule has 1 saturated heterocycles. The van der Waals surface area contributed by atoms with Crippen LogP contribution in [0.5, 0.6) is 11.5 Å². The van der Waals surface area contributed by atoms with Gasteiger partial charge in [-0.1, -0.05) is 32.8 Å². The van der Waals surface area contributed by atoms with E-state index in [-0.39, 0.29) is 17.4 Å². The molecule has 174 valence electrons. The van der Waals surface area contributed by atoms with Gasteiger partial charge in [-0.2, -0.15) is 0 Å². The average Bonchev–Trinajstić information content (AvgIpc) is 2.73. The number of carbonyl (C=O) groups excluding carboxylic acids is 1. The van der Waals surface area contributed by atoms with Crippen LogP contribution in [0, 0.1) is 5.92 Å². The van der Waals surface area contributed by atoms with Gasteiger partial charge in [0.25, 0.3) is 0 Å². The molecule has 0 bridgehead atoms. The largest absolute Gasteiger partial charge is 0.493 e. The number of benzene rings is 1. The second-order valence-electron chi connectivity index (χ2n) is 9.83. The van der Waals surface area contributed by atoms with Gasteiger partial charge in [-0.15, -0.1) is 0 Å². The number of hydrogen-bond donors (Lipinski definition) is 1. The number of likely N-dealkylation sites (tertiary alicyclic amines) is 1. The molecule has 5 heteroatoms. The Kier molecular flexibility index (Phi) is 8.65. The van der Waals surface area contributed by atoms with E-state index in [2.05, 4.69) is 36.2 Å². The van der Waals surface area contributed by atoms with Crippen molar-refractivity contribution in [2.24, 2.45) is 5.92 Å². The van der Waals surface area contributed by atoms with E-state index in [1.807, 2.05) is 6.07 Å². The molecule has 1 aromatic rings. The molecule has 2 fully saturated rings. The van der Waals surface area contributed by atoms with Gasteiger partial charge in [-0.3, -0.25) is 4.79 Å². The normalized spacial score (nSPS) is 19.5. The fourth-order valence-corrected chi connectivity index (χ4v) is 5.35. The summed E-state index contributed by atoms with van der Waals surface area (Å²) in [5.41, 5.74) is 1.25. The van der Waals surface area contributed by atoms with Crippen LogP contribution in [0.25, 0.3) is 0 Å². The summed E-state index contributed by atoms with van der Waals surface area (Å²) in [6.07, 6.45) is 9.93. The van der Waals surface area contributed by atoms with Crippen molar-refractivity contribution in [3.05, 3.63) is 23.8 Å². The highest BCUT2D eigenvalue weighted by Crippen LogP contribution is 2.49. The number of piperidine rings is 1. The molecule has 1 heterocycles. The molecule has 1 atom stereocenters. The van der Waals surface area contributed by atoms with Crippen LogP contribution in [0.3, 0.4) is 0 Å². The van der Waals surface area contributed by atoms with Crippen LogP contribution in [0.4, 0.5) is 0 Å². The van der Waals surface area contributed by atoms with Gasteiger partial charge in [0.15, 0.2) is 11.5 Å². The first-order valence-electron chi connectivity index (χ1n) is 12.2. The summed E-state index contributed by atoms with van der Waals surface area (Å²) in [6, 6.07) is 6.44. The molecule has 0 radical (unpaired) electrons. The summed E-state index contributed by atoms with van der Waals surface area (Å²) in [4.78, 5) is 15.5. The Labute approximate surface area is 188 Å². The number of amides is 1. The molecular weight excluding hydrogens is 388 g/mol. The molecule has 1 saturated carbocycles. The predicted molar refractivity (Wildman–Crippen MR) is 126 cm³/mol. The molecule has 1 aromatic carbocycles. The molecule has 1 N–H and O–H groups in total. The van der Waals surface area contributed by atoms with Crippen molar-refractivity contribution in [1.29, 1.82) is 0 Å². The van der Waals surface area contributed by atoms with E-state index in [4.69, 9.17) is 9.47 Å².